The van der Waals surface area contributed by atoms with Crippen molar-refractivity contribution in [2.45, 2.75) is 25.4 Å². The van der Waals surface area contributed by atoms with Crippen molar-refractivity contribution in [3.05, 3.63) is 35.9 Å². The number of ether oxygens (including phenoxy) is 1. The van der Waals surface area contributed by atoms with Gasteiger partial charge >= 0.3 is 0 Å². The summed E-state index contributed by atoms with van der Waals surface area (Å²) in [6.07, 6.45) is 1.19. The van der Waals surface area contributed by atoms with Crippen LogP contribution in [-0.4, -0.2) is 63.3 Å². The molecule has 0 spiro atoms. The third-order valence-electron chi connectivity index (χ3n) is 4.31. The summed E-state index contributed by atoms with van der Waals surface area (Å²) in [7, 11) is 2.09. The maximum atomic E-state index is 12.0. The second kappa shape index (κ2) is 9.65. The molecule has 0 aromatic heterocycles. The summed E-state index contributed by atoms with van der Waals surface area (Å²) in [5.74, 6) is 0.416. The summed E-state index contributed by atoms with van der Waals surface area (Å²) < 4.78 is 5.67. The van der Waals surface area contributed by atoms with Crippen LogP contribution in [0.1, 0.15) is 24.8 Å². The highest BCUT2D eigenvalue weighted by Crippen LogP contribution is 2.17. The molecule has 0 saturated carbocycles. The van der Waals surface area contributed by atoms with Gasteiger partial charge in [-0.25, -0.2) is 0 Å². The zero-order valence-electron chi connectivity index (χ0n) is 14.3. The summed E-state index contributed by atoms with van der Waals surface area (Å²) in [5.41, 5.74) is 1.28. The summed E-state index contributed by atoms with van der Waals surface area (Å²) in [6, 6.07) is 10.3. The van der Waals surface area contributed by atoms with E-state index in [0.717, 1.165) is 26.1 Å². The Morgan fingerprint density at radius 1 is 1.39 bits per heavy atom. The zero-order valence-corrected chi connectivity index (χ0v) is 14.3. The molecule has 2 rings (SSSR count). The molecule has 2 atom stereocenters. The number of morpholine rings is 1. The van der Waals surface area contributed by atoms with Crippen LogP contribution < -0.4 is 10.6 Å². The summed E-state index contributed by atoms with van der Waals surface area (Å²) in [5, 5.41) is 6.22. The van der Waals surface area contributed by atoms with E-state index in [2.05, 4.69) is 41.6 Å². The van der Waals surface area contributed by atoms with Gasteiger partial charge in [-0.05, 0) is 19.0 Å². The molecule has 1 heterocycles. The second-order valence-corrected chi connectivity index (χ2v) is 6.21. The number of nitrogens with one attached hydrogen (secondary N) is 2. The number of hydrogen-bond donors (Lipinski definition) is 2. The zero-order chi connectivity index (χ0) is 16.5. The molecule has 1 aliphatic rings. The maximum Gasteiger partial charge on any atom is 0.233 e. The van der Waals surface area contributed by atoms with E-state index in [-0.39, 0.29) is 12.0 Å². The van der Waals surface area contributed by atoms with Crippen LogP contribution in [0.5, 0.6) is 0 Å². The first-order valence-corrected chi connectivity index (χ1v) is 8.51. The number of amides is 1. The van der Waals surface area contributed by atoms with Gasteiger partial charge in [0.15, 0.2) is 0 Å². The molecule has 1 fully saturated rings. The fourth-order valence-electron chi connectivity index (χ4n) is 2.86. The van der Waals surface area contributed by atoms with E-state index >= 15 is 0 Å². The van der Waals surface area contributed by atoms with Crippen molar-refractivity contribution in [1.29, 1.82) is 0 Å². The molecule has 0 unspecified atom stereocenters. The molecule has 1 aliphatic heterocycles. The molecule has 23 heavy (non-hydrogen) atoms. The smallest absolute Gasteiger partial charge is 0.233 e. The average Bonchev–Trinajstić information content (AvgIpc) is 2.56. The minimum absolute atomic E-state index is 0.0449. The monoisotopic (exact) mass is 319 g/mol. The Labute approximate surface area is 139 Å². The molecule has 5 heteroatoms. The number of nitrogens with zero attached hydrogens (tertiary/aromatic N) is 1. The summed E-state index contributed by atoms with van der Waals surface area (Å²) in [4.78, 5) is 14.2. The van der Waals surface area contributed by atoms with Crippen molar-refractivity contribution in [2.24, 2.45) is 0 Å². The molecule has 1 aromatic rings. The van der Waals surface area contributed by atoms with E-state index < -0.39 is 0 Å². The molecule has 0 radical (unpaired) electrons. The molecule has 1 amide bonds. The standard InChI is InChI=1S/C18H29N3O2/c1-3-15(16-7-5-4-6-8-16)11-20-18(22)13-19-12-17-14-21(2)9-10-23-17/h4-8,15,17,19H,3,9-14H2,1-2H3,(H,20,22)/t15-,17-/m0/s1. The highest BCUT2D eigenvalue weighted by molar-refractivity contribution is 5.78. The third kappa shape index (κ3) is 6.29. The van der Waals surface area contributed by atoms with E-state index in [1.165, 1.54) is 5.56 Å². The number of likely N-dealkylation sites (N-methyl/N-ethyl adjacent to an activating group) is 1. The van der Waals surface area contributed by atoms with Gasteiger partial charge in [-0.1, -0.05) is 37.3 Å². The van der Waals surface area contributed by atoms with Crippen LogP contribution in [0.4, 0.5) is 0 Å². The lowest BCUT2D eigenvalue weighted by molar-refractivity contribution is -0.120. The highest BCUT2D eigenvalue weighted by Gasteiger charge is 2.17. The van der Waals surface area contributed by atoms with Gasteiger partial charge in [0.1, 0.15) is 0 Å². The molecular weight excluding hydrogens is 290 g/mol. The van der Waals surface area contributed by atoms with Gasteiger partial charge in [0, 0.05) is 32.1 Å². The molecule has 2 N–H and O–H groups in total. The van der Waals surface area contributed by atoms with E-state index in [9.17, 15) is 4.79 Å². The van der Waals surface area contributed by atoms with Crippen molar-refractivity contribution in [3.8, 4) is 0 Å². The minimum atomic E-state index is 0.0449. The van der Waals surface area contributed by atoms with Crippen LogP contribution in [0.3, 0.4) is 0 Å². The van der Waals surface area contributed by atoms with Crippen LogP contribution in [0.2, 0.25) is 0 Å². The van der Waals surface area contributed by atoms with E-state index in [1.54, 1.807) is 0 Å². The van der Waals surface area contributed by atoms with Gasteiger partial charge in [0.25, 0.3) is 0 Å². The fourth-order valence-corrected chi connectivity index (χ4v) is 2.86. The Bertz CT molecular complexity index is 467. The first-order chi connectivity index (χ1) is 11.2. The molecule has 0 aliphatic carbocycles. The van der Waals surface area contributed by atoms with Gasteiger partial charge in [0.05, 0.1) is 19.3 Å². The van der Waals surface area contributed by atoms with E-state index in [0.29, 0.717) is 25.6 Å². The van der Waals surface area contributed by atoms with Gasteiger partial charge in [0.2, 0.25) is 5.91 Å². The molecule has 5 nitrogen and oxygen atoms in total. The number of carbonyl (C=O) groups excluding carboxylic acids is 1. The van der Waals surface area contributed by atoms with E-state index in [4.69, 9.17) is 4.74 Å². The number of carbonyl (C=O) groups is 1. The minimum Gasteiger partial charge on any atom is -0.374 e. The van der Waals surface area contributed by atoms with Crippen molar-refractivity contribution in [2.75, 3.05) is 46.4 Å². The van der Waals surface area contributed by atoms with E-state index in [1.807, 2.05) is 18.2 Å². The van der Waals surface area contributed by atoms with Crippen molar-refractivity contribution in [3.63, 3.8) is 0 Å². The average molecular weight is 319 g/mol. The molecule has 128 valence electrons. The molecule has 1 aromatic carbocycles. The Kier molecular flexibility index (Phi) is 7.52. The second-order valence-electron chi connectivity index (χ2n) is 6.21. The van der Waals surface area contributed by atoms with Gasteiger partial charge in [-0.3, -0.25) is 4.79 Å². The van der Waals surface area contributed by atoms with Crippen LogP contribution in [0.15, 0.2) is 30.3 Å². The number of hydrogen-bond acceptors (Lipinski definition) is 4. The summed E-state index contributed by atoms with van der Waals surface area (Å²) in [6.45, 7) is 6.56. The Morgan fingerprint density at radius 3 is 2.87 bits per heavy atom. The predicted octanol–water partition coefficient (Wildman–Crippen LogP) is 1.22. The lowest BCUT2D eigenvalue weighted by Gasteiger charge is -2.30. The molecule has 1 saturated heterocycles. The Morgan fingerprint density at radius 2 is 2.17 bits per heavy atom. The Balaban J connectivity index is 1.64. The quantitative estimate of drug-likeness (QED) is 0.756. The highest BCUT2D eigenvalue weighted by atomic mass is 16.5. The van der Waals surface area contributed by atoms with Crippen molar-refractivity contribution < 1.29 is 9.53 Å². The van der Waals surface area contributed by atoms with Gasteiger partial charge in [-0.15, -0.1) is 0 Å². The number of rotatable bonds is 8. The van der Waals surface area contributed by atoms with Crippen LogP contribution in [0.25, 0.3) is 0 Å². The lowest BCUT2D eigenvalue weighted by Crippen LogP contribution is -2.46. The van der Waals surface area contributed by atoms with Gasteiger partial charge < -0.3 is 20.3 Å². The van der Waals surface area contributed by atoms with Crippen molar-refractivity contribution in [1.82, 2.24) is 15.5 Å². The normalized spacial score (nSPS) is 20.2. The van der Waals surface area contributed by atoms with Crippen molar-refractivity contribution >= 4 is 5.91 Å². The van der Waals surface area contributed by atoms with Crippen LogP contribution in [-0.2, 0) is 9.53 Å². The van der Waals surface area contributed by atoms with Crippen LogP contribution >= 0.6 is 0 Å². The Hall–Kier alpha value is -1.43. The molecule has 0 bridgehead atoms. The maximum absolute atomic E-state index is 12.0. The number of benzene rings is 1. The molecular formula is C18H29N3O2. The van der Waals surface area contributed by atoms with Crippen LogP contribution in [0, 0.1) is 0 Å². The topological polar surface area (TPSA) is 53.6 Å². The predicted molar refractivity (Wildman–Crippen MR) is 92.6 cm³/mol. The largest absolute Gasteiger partial charge is 0.374 e. The van der Waals surface area contributed by atoms with Gasteiger partial charge in [-0.2, -0.15) is 0 Å². The first kappa shape index (κ1) is 17.9. The lowest BCUT2D eigenvalue weighted by atomic mass is 9.96. The fraction of sp³-hybridized carbons (Fsp3) is 0.611. The first-order valence-electron chi connectivity index (χ1n) is 8.51. The third-order valence-corrected chi connectivity index (χ3v) is 4.31. The SMILES string of the molecule is CC[C@@H](CNC(=O)CNC[C@H]1CN(C)CCO1)c1ccccc1. The summed E-state index contributed by atoms with van der Waals surface area (Å²) >= 11 is 0.